The number of urea groups is 1. The molecule has 0 aliphatic rings. The topological polar surface area (TPSA) is 87.7 Å². The van der Waals surface area contributed by atoms with Crippen LogP contribution in [0.1, 0.15) is 16.8 Å². The van der Waals surface area contributed by atoms with Crippen molar-refractivity contribution in [2.24, 2.45) is 0 Å². The van der Waals surface area contributed by atoms with Gasteiger partial charge in [0, 0.05) is 16.7 Å². The minimum atomic E-state index is -1.06. The molecule has 0 aliphatic heterocycles. The average Bonchev–Trinajstić information content (AvgIpc) is 2.42. The number of benzene rings is 1. The molecule has 2 amide bonds. The van der Waals surface area contributed by atoms with E-state index in [1.54, 1.807) is 12.1 Å². The summed E-state index contributed by atoms with van der Waals surface area (Å²) in [6, 6.07) is 4.04. The number of hydrogen-bond donors (Lipinski definition) is 3. The number of hydrogen-bond acceptors (Lipinski definition) is 3. The van der Waals surface area contributed by atoms with Gasteiger partial charge in [0.05, 0.1) is 18.8 Å². The molecule has 0 spiro atoms. The molecular formula is C14H17BrN2O4. The molecule has 0 heterocycles. The van der Waals surface area contributed by atoms with Crippen LogP contribution in [0.2, 0.25) is 0 Å². The van der Waals surface area contributed by atoms with Crippen LogP contribution in [0.15, 0.2) is 35.3 Å². The van der Waals surface area contributed by atoms with Gasteiger partial charge in [0.1, 0.15) is 0 Å². The van der Waals surface area contributed by atoms with E-state index in [1.165, 1.54) is 12.1 Å². The third-order valence-corrected chi connectivity index (χ3v) is 2.86. The van der Waals surface area contributed by atoms with E-state index in [9.17, 15) is 9.59 Å². The van der Waals surface area contributed by atoms with Crippen LogP contribution < -0.4 is 10.6 Å². The molecule has 6 nitrogen and oxygen atoms in total. The molecule has 114 valence electrons. The first kappa shape index (κ1) is 17.2. The molecule has 1 aromatic rings. The Bertz CT molecular complexity index is 520. The fraction of sp³-hybridized carbons (Fsp3) is 0.286. The van der Waals surface area contributed by atoms with Crippen molar-refractivity contribution in [1.82, 2.24) is 5.32 Å². The molecule has 0 unspecified atom stereocenters. The van der Waals surface area contributed by atoms with E-state index < -0.39 is 12.0 Å². The van der Waals surface area contributed by atoms with Crippen molar-refractivity contribution in [1.29, 1.82) is 0 Å². The zero-order valence-electron chi connectivity index (χ0n) is 11.4. The number of rotatable bonds is 8. The van der Waals surface area contributed by atoms with Crippen LogP contribution in [0.4, 0.5) is 10.5 Å². The number of halogens is 1. The van der Waals surface area contributed by atoms with Crippen LogP contribution >= 0.6 is 15.9 Å². The summed E-state index contributed by atoms with van der Waals surface area (Å²) in [4.78, 5) is 22.6. The largest absolute Gasteiger partial charge is 0.478 e. The third kappa shape index (κ3) is 6.92. The Morgan fingerprint density at radius 3 is 2.76 bits per heavy atom. The van der Waals surface area contributed by atoms with Gasteiger partial charge in [0.15, 0.2) is 0 Å². The maximum absolute atomic E-state index is 11.6. The number of aromatic carboxylic acids is 1. The second-order valence-corrected chi connectivity index (χ2v) is 5.02. The zero-order valence-corrected chi connectivity index (χ0v) is 13.0. The van der Waals surface area contributed by atoms with E-state index in [-0.39, 0.29) is 5.56 Å². The minimum Gasteiger partial charge on any atom is -0.478 e. The number of carbonyl (C=O) groups is 2. The fourth-order valence-corrected chi connectivity index (χ4v) is 1.96. The van der Waals surface area contributed by atoms with Gasteiger partial charge < -0.3 is 20.5 Å². The van der Waals surface area contributed by atoms with Gasteiger partial charge in [-0.3, -0.25) is 0 Å². The Kier molecular flexibility index (Phi) is 7.49. The summed E-state index contributed by atoms with van der Waals surface area (Å²) < 4.78 is 5.82. The lowest BCUT2D eigenvalue weighted by Gasteiger charge is -2.09. The number of ether oxygens (including phenoxy) is 1. The van der Waals surface area contributed by atoms with Crippen molar-refractivity contribution in [3.63, 3.8) is 0 Å². The summed E-state index contributed by atoms with van der Waals surface area (Å²) >= 11 is 3.20. The Labute approximate surface area is 131 Å². The minimum absolute atomic E-state index is 0.0902. The molecule has 0 radical (unpaired) electrons. The molecule has 0 aromatic heterocycles. The monoisotopic (exact) mass is 356 g/mol. The standard InChI is InChI=1S/C14H17BrN2O4/c1-2-3-5-21-6-4-16-14(20)17-12-8-10(13(18)19)7-11(15)9-12/h2,7-9H,1,3-6H2,(H,18,19)(H2,16,17,20). The number of anilines is 1. The van der Waals surface area contributed by atoms with Gasteiger partial charge in [-0.1, -0.05) is 22.0 Å². The van der Waals surface area contributed by atoms with Crippen molar-refractivity contribution in [3.05, 3.63) is 40.9 Å². The fourth-order valence-electron chi connectivity index (χ4n) is 1.47. The molecule has 21 heavy (non-hydrogen) atoms. The summed E-state index contributed by atoms with van der Waals surface area (Å²) in [7, 11) is 0. The first-order valence-corrected chi connectivity index (χ1v) is 7.09. The van der Waals surface area contributed by atoms with Crippen LogP contribution in [0.3, 0.4) is 0 Å². The van der Waals surface area contributed by atoms with Crippen molar-refractivity contribution < 1.29 is 19.4 Å². The number of amides is 2. The zero-order chi connectivity index (χ0) is 15.7. The molecule has 0 saturated carbocycles. The quantitative estimate of drug-likeness (QED) is 0.493. The van der Waals surface area contributed by atoms with Gasteiger partial charge in [0.2, 0.25) is 0 Å². The highest BCUT2D eigenvalue weighted by atomic mass is 79.9. The summed E-state index contributed by atoms with van der Waals surface area (Å²) in [5.41, 5.74) is 0.485. The lowest BCUT2D eigenvalue weighted by molar-refractivity contribution is 0.0697. The molecule has 0 atom stereocenters. The van der Waals surface area contributed by atoms with Crippen LogP contribution in [0.5, 0.6) is 0 Å². The maximum Gasteiger partial charge on any atom is 0.335 e. The molecular weight excluding hydrogens is 340 g/mol. The van der Waals surface area contributed by atoms with Crippen LogP contribution in [-0.4, -0.2) is 36.9 Å². The van der Waals surface area contributed by atoms with E-state index in [4.69, 9.17) is 9.84 Å². The van der Waals surface area contributed by atoms with E-state index >= 15 is 0 Å². The molecule has 0 fully saturated rings. The van der Waals surface area contributed by atoms with E-state index in [1.807, 2.05) is 0 Å². The van der Waals surface area contributed by atoms with Gasteiger partial charge in [-0.2, -0.15) is 0 Å². The van der Waals surface area contributed by atoms with Crippen LogP contribution in [0, 0.1) is 0 Å². The van der Waals surface area contributed by atoms with Crippen LogP contribution in [-0.2, 0) is 4.74 Å². The normalized spacial score (nSPS) is 9.95. The molecule has 1 aromatic carbocycles. The van der Waals surface area contributed by atoms with Gasteiger partial charge in [-0.05, 0) is 24.6 Å². The lowest BCUT2D eigenvalue weighted by Crippen LogP contribution is -2.31. The Morgan fingerprint density at radius 1 is 1.33 bits per heavy atom. The summed E-state index contributed by atoms with van der Waals surface area (Å²) in [5, 5.41) is 14.1. The van der Waals surface area contributed by atoms with E-state index in [2.05, 4.69) is 33.1 Å². The molecule has 0 bridgehead atoms. The Balaban J connectivity index is 2.40. The van der Waals surface area contributed by atoms with Crippen molar-refractivity contribution in [2.75, 3.05) is 25.1 Å². The summed E-state index contributed by atoms with van der Waals surface area (Å²) in [6.07, 6.45) is 2.52. The smallest absolute Gasteiger partial charge is 0.335 e. The second kappa shape index (κ2) is 9.15. The highest BCUT2D eigenvalue weighted by molar-refractivity contribution is 9.10. The van der Waals surface area contributed by atoms with Gasteiger partial charge in [-0.15, -0.1) is 6.58 Å². The molecule has 3 N–H and O–H groups in total. The van der Waals surface area contributed by atoms with E-state index in [0.29, 0.717) is 29.9 Å². The highest BCUT2D eigenvalue weighted by Crippen LogP contribution is 2.19. The number of nitrogens with one attached hydrogen (secondary N) is 2. The number of carboxylic acid groups (broad SMARTS) is 1. The number of carbonyl (C=O) groups excluding carboxylic acids is 1. The average molecular weight is 357 g/mol. The van der Waals surface area contributed by atoms with Gasteiger partial charge in [-0.25, -0.2) is 9.59 Å². The van der Waals surface area contributed by atoms with Crippen LogP contribution in [0.25, 0.3) is 0 Å². The summed E-state index contributed by atoms with van der Waals surface area (Å²) in [6.45, 7) is 4.91. The molecule has 0 saturated heterocycles. The Morgan fingerprint density at radius 2 is 2.10 bits per heavy atom. The third-order valence-electron chi connectivity index (χ3n) is 2.40. The van der Waals surface area contributed by atoms with Crippen molar-refractivity contribution >= 4 is 33.6 Å². The van der Waals surface area contributed by atoms with Gasteiger partial charge in [0.25, 0.3) is 0 Å². The first-order valence-electron chi connectivity index (χ1n) is 6.30. The SMILES string of the molecule is C=CCCOCCNC(=O)Nc1cc(Br)cc(C(=O)O)c1. The van der Waals surface area contributed by atoms with E-state index in [0.717, 1.165) is 6.42 Å². The lowest BCUT2D eigenvalue weighted by atomic mass is 10.2. The maximum atomic E-state index is 11.6. The second-order valence-electron chi connectivity index (χ2n) is 4.10. The van der Waals surface area contributed by atoms with Crippen molar-refractivity contribution in [3.8, 4) is 0 Å². The Hall–Kier alpha value is -1.86. The highest BCUT2D eigenvalue weighted by Gasteiger charge is 2.08. The van der Waals surface area contributed by atoms with Gasteiger partial charge >= 0.3 is 12.0 Å². The number of carboxylic acids is 1. The molecule has 0 aliphatic carbocycles. The predicted molar refractivity (Wildman–Crippen MR) is 83.8 cm³/mol. The predicted octanol–water partition coefficient (Wildman–Crippen LogP) is 2.86. The molecule has 7 heteroatoms. The molecule has 1 rings (SSSR count). The summed E-state index contributed by atoms with van der Waals surface area (Å²) in [5.74, 6) is -1.06. The van der Waals surface area contributed by atoms with Crippen molar-refractivity contribution in [2.45, 2.75) is 6.42 Å². The first-order chi connectivity index (χ1) is 10.0.